The number of rotatable bonds is 8. The Morgan fingerprint density at radius 3 is 1.84 bits per heavy atom. The lowest BCUT2D eigenvalue weighted by molar-refractivity contribution is -0.133. The van der Waals surface area contributed by atoms with Crippen LogP contribution in [0, 0.1) is 5.82 Å². The Balaban J connectivity index is 1.95. The maximum Gasteiger partial charge on any atom is 0.246 e. The first kappa shape index (κ1) is 22.5. The highest BCUT2D eigenvalue weighted by atomic mass is 32.2. The zero-order valence-electron chi connectivity index (χ0n) is 17.5. The predicted molar refractivity (Wildman–Crippen MR) is 120 cm³/mol. The third kappa shape index (κ3) is 5.92. The fourth-order valence-electron chi connectivity index (χ4n) is 3.50. The number of benzene rings is 3. The van der Waals surface area contributed by atoms with Crippen LogP contribution < -0.4 is 4.31 Å². The molecule has 0 aromatic heterocycles. The van der Waals surface area contributed by atoms with Crippen LogP contribution in [0.15, 0.2) is 84.9 Å². The molecule has 0 aliphatic rings. The molecule has 3 rings (SSSR count). The number of hydrogen-bond donors (Lipinski definition) is 0. The molecule has 1 amide bonds. The topological polar surface area (TPSA) is 57.7 Å². The summed E-state index contributed by atoms with van der Waals surface area (Å²) in [4.78, 5) is 15.1. The highest BCUT2D eigenvalue weighted by Crippen LogP contribution is 2.23. The zero-order chi connectivity index (χ0) is 22.4. The van der Waals surface area contributed by atoms with Crippen molar-refractivity contribution < 1.29 is 17.6 Å². The van der Waals surface area contributed by atoms with Crippen LogP contribution in [0.3, 0.4) is 0 Å². The minimum atomic E-state index is -3.84. The van der Waals surface area contributed by atoms with Crippen LogP contribution in [-0.2, 0) is 27.9 Å². The van der Waals surface area contributed by atoms with E-state index in [2.05, 4.69) is 0 Å². The highest BCUT2D eigenvalue weighted by molar-refractivity contribution is 7.92. The number of nitrogens with zero attached hydrogens (tertiary/aromatic N) is 2. The maximum absolute atomic E-state index is 13.8. The van der Waals surface area contributed by atoms with Gasteiger partial charge < -0.3 is 4.90 Å². The molecule has 0 unspecified atom stereocenters. The molecule has 0 aliphatic heterocycles. The second-order valence-corrected chi connectivity index (χ2v) is 9.24. The predicted octanol–water partition coefficient (Wildman–Crippen LogP) is 4.21. The summed E-state index contributed by atoms with van der Waals surface area (Å²) in [6.45, 7) is 2.16. The van der Waals surface area contributed by atoms with Gasteiger partial charge in [0.05, 0.1) is 11.9 Å². The Labute approximate surface area is 182 Å². The molecule has 0 radical (unpaired) electrons. The molecule has 31 heavy (non-hydrogen) atoms. The normalized spacial score (nSPS) is 12.2. The van der Waals surface area contributed by atoms with Crippen molar-refractivity contribution in [1.82, 2.24) is 4.90 Å². The molecule has 0 spiro atoms. The van der Waals surface area contributed by atoms with Gasteiger partial charge >= 0.3 is 0 Å². The number of anilines is 1. The largest absolute Gasteiger partial charge is 0.332 e. The van der Waals surface area contributed by atoms with Crippen molar-refractivity contribution in [1.29, 1.82) is 0 Å². The van der Waals surface area contributed by atoms with Gasteiger partial charge in [0.25, 0.3) is 0 Å². The van der Waals surface area contributed by atoms with E-state index >= 15 is 0 Å². The molecule has 0 fully saturated rings. The summed E-state index contributed by atoms with van der Waals surface area (Å²) in [6, 6.07) is 23.2. The Morgan fingerprint density at radius 1 is 0.871 bits per heavy atom. The molecule has 0 bridgehead atoms. The standard InChI is InChI=1S/C24H25FN2O3S/c1-19(27(31(2,29)30)23-15-9-14-22(25)16-23)24(28)26(17-20-10-5-3-6-11-20)18-21-12-7-4-8-13-21/h3-16,19H,17-18H2,1-2H3/t19-/m1/s1. The molecule has 0 aliphatic carbocycles. The van der Waals surface area contributed by atoms with Crippen molar-refractivity contribution in [3.63, 3.8) is 0 Å². The summed E-state index contributed by atoms with van der Waals surface area (Å²) in [5.41, 5.74) is 1.97. The van der Waals surface area contributed by atoms with E-state index < -0.39 is 21.9 Å². The molecule has 3 aromatic carbocycles. The monoisotopic (exact) mass is 440 g/mol. The summed E-state index contributed by atoms with van der Waals surface area (Å²) in [6.07, 6.45) is 1.01. The first-order valence-electron chi connectivity index (χ1n) is 9.87. The van der Waals surface area contributed by atoms with E-state index in [0.29, 0.717) is 13.1 Å². The Hall–Kier alpha value is -3.19. The van der Waals surface area contributed by atoms with Crippen molar-refractivity contribution in [3.8, 4) is 0 Å². The van der Waals surface area contributed by atoms with E-state index in [1.807, 2.05) is 60.7 Å². The molecule has 0 saturated carbocycles. The second-order valence-electron chi connectivity index (χ2n) is 7.38. The number of sulfonamides is 1. The van der Waals surface area contributed by atoms with Gasteiger partial charge in [0, 0.05) is 13.1 Å². The number of halogens is 1. The van der Waals surface area contributed by atoms with Gasteiger partial charge in [-0.05, 0) is 36.2 Å². The van der Waals surface area contributed by atoms with Crippen LogP contribution in [0.4, 0.5) is 10.1 Å². The van der Waals surface area contributed by atoms with Gasteiger partial charge in [-0.3, -0.25) is 9.10 Å². The van der Waals surface area contributed by atoms with Gasteiger partial charge in [0.1, 0.15) is 11.9 Å². The van der Waals surface area contributed by atoms with Crippen molar-refractivity contribution in [3.05, 3.63) is 102 Å². The second kappa shape index (κ2) is 9.75. The molecule has 0 saturated heterocycles. The fraction of sp³-hybridized carbons (Fsp3) is 0.208. The van der Waals surface area contributed by atoms with Crippen LogP contribution in [0.5, 0.6) is 0 Å². The SMILES string of the molecule is C[C@H](C(=O)N(Cc1ccccc1)Cc1ccccc1)N(c1cccc(F)c1)S(C)(=O)=O. The average Bonchev–Trinajstić information content (AvgIpc) is 2.73. The van der Waals surface area contributed by atoms with Gasteiger partial charge in [0.2, 0.25) is 15.9 Å². The highest BCUT2D eigenvalue weighted by Gasteiger charge is 2.32. The molecule has 1 atom stereocenters. The van der Waals surface area contributed by atoms with Crippen LogP contribution in [-0.4, -0.2) is 31.5 Å². The van der Waals surface area contributed by atoms with Crippen molar-refractivity contribution in [2.75, 3.05) is 10.6 Å². The van der Waals surface area contributed by atoms with Crippen molar-refractivity contribution in [2.24, 2.45) is 0 Å². The van der Waals surface area contributed by atoms with E-state index in [1.165, 1.54) is 25.1 Å². The molecule has 5 nitrogen and oxygen atoms in total. The molecule has 7 heteroatoms. The van der Waals surface area contributed by atoms with Crippen LogP contribution in [0.25, 0.3) is 0 Å². The Bertz CT molecular complexity index is 1080. The summed E-state index contributed by atoms with van der Waals surface area (Å²) in [5, 5.41) is 0. The van der Waals surface area contributed by atoms with E-state index in [1.54, 1.807) is 4.90 Å². The minimum Gasteiger partial charge on any atom is -0.332 e. The van der Waals surface area contributed by atoms with E-state index in [4.69, 9.17) is 0 Å². The summed E-state index contributed by atoms with van der Waals surface area (Å²) in [7, 11) is -3.84. The van der Waals surface area contributed by atoms with Gasteiger partial charge in [-0.15, -0.1) is 0 Å². The van der Waals surface area contributed by atoms with Crippen molar-refractivity contribution >= 4 is 21.6 Å². The molecular formula is C24H25FN2O3S. The van der Waals surface area contributed by atoms with E-state index in [0.717, 1.165) is 27.8 Å². The van der Waals surface area contributed by atoms with Crippen LogP contribution in [0.1, 0.15) is 18.1 Å². The average molecular weight is 441 g/mol. The number of carbonyl (C=O) groups excluding carboxylic acids is 1. The lowest BCUT2D eigenvalue weighted by Gasteiger charge is -2.33. The minimum absolute atomic E-state index is 0.114. The van der Waals surface area contributed by atoms with Gasteiger partial charge in [-0.25, -0.2) is 12.8 Å². The van der Waals surface area contributed by atoms with Gasteiger partial charge in [-0.2, -0.15) is 0 Å². The number of hydrogen-bond acceptors (Lipinski definition) is 3. The first-order chi connectivity index (χ1) is 14.8. The summed E-state index contributed by atoms with van der Waals surface area (Å²) < 4.78 is 39.9. The van der Waals surface area contributed by atoms with Gasteiger partial charge in [-0.1, -0.05) is 66.7 Å². The molecule has 0 heterocycles. The summed E-state index contributed by atoms with van der Waals surface area (Å²) >= 11 is 0. The molecular weight excluding hydrogens is 415 g/mol. The quantitative estimate of drug-likeness (QED) is 0.527. The van der Waals surface area contributed by atoms with Crippen molar-refractivity contribution in [2.45, 2.75) is 26.1 Å². The number of carbonyl (C=O) groups is 1. The lowest BCUT2D eigenvalue weighted by atomic mass is 10.1. The van der Waals surface area contributed by atoms with Crippen LogP contribution in [0.2, 0.25) is 0 Å². The fourth-order valence-corrected chi connectivity index (χ4v) is 4.66. The van der Waals surface area contributed by atoms with Gasteiger partial charge in [0.15, 0.2) is 0 Å². The maximum atomic E-state index is 13.8. The number of amides is 1. The molecule has 3 aromatic rings. The Morgan fingerprint density at radius 2 is 1.39 bits per heavy atom. The third-order valence-corrected chi connectivity index (χ3v) is 6.11. The Kier molecular flexibility index (Phi) is 7.07. The molecule has 162 valence electrons. The molecule has 0 N–H and O–H groups in total. The lowest BCUT2D eigenvalue weighted by Crippen LogP contribution is -2.49. The summed E-state index contributed by atoms with van der Waals surface area (Å²) in [5.74, 6) is -0.946. The smallest absolute Gasteiger partial charge is 0.246 e. The van der Waals surface area contributed by atoms with E-state index in [9.17, 15) is 17.6 Å². The van der Waals surface area contributed by atoms with Crippen LogP contribution >= 0.6 is 0 Å². The van der Waals surface area contributed by atoms with E-state index in [-0.39, 0.29) is 11.6 Å². The first-order valence-corrected chi connectivity index (χ1v) is 11.7. The zero-order valence-corrected chi connectivity index (χ0v) is 18.3. The third-order valence-electron chi connectivity index (χ3n) is 4.87.